The smallest absolute Gasteiger partial charge is 0.265 e. The normalized spacial score (nSPS) is 13.0. The topological polar surface area (TPSA) is 58.7 Å². The van der Waals surface area contributed by atoms with E-state index in [0.717, 1.165) is 36.2 Å². The van der Waals surface area contributed by atoms with Crippen LogP contribution in [0.3, 0.4) is 0 Å². The molecule has 0 radical (unpaired) electrons. The summed E-state index contributed by atoms with van der Waals surface area (Å²) >= 11 is 7.24. The van der Waals surface area contributed by atoms with E-state index in [1.807, 2.05) is 12.1 Å². The maximum atomic E-state index is 12.4. The average Bonchev–Trinajstić information content (AvgIpc) is 2.95. The van der Waals surface area contributed by atoms with E-state index in [-0.39, 0.29) is 5.69 Å². The molecule has 1 aromatic carbocycles. The summed E-state index contributed by atoms with van der Waals surface area (Å²) in [5.41, 5.74) is 2.60. The molecule has 0 spiro atoms. The lowest BCUT2D eigenvalue weighted by atomic mass is 10.2. The summed E-state index contributed by atoms with van der Waals surface area (Å²) in [4.78, 5) is 16.5. The van der Waals surface area contributed by atoms with Crippen molar-refractivity contribution in [2.24, 2.45) is 0 Å². The fourth-order valence-corrected chi connectivity index (χ4v) is 3.47. The Balaban J connectivity index is 2.15. The van der Waals surface area contributed by atoms with Crippen molar-refractivity contribution in [2.45, 2.75) is 24.3 Å². The summed E-state index contributed by atoms with van der Waals surface area (Å²) < 4.78 is 1.66. The molecule has 3 rings (SSSR count). The van der Waals surface area contributed by atoms with Gasteiger partial charge >= 0.3 is 5.69 Å². The van der Waals surface area contributed by atoms with Gasteiger partial charge in [0.25, 0.3) is 0 Å². The lowest BCUT2D eigenvalue weighted by Crippen LogP contribution is -2.25. The van der Waals surface area contributed by atoms with Gasteiger partial charge in [0, 0.05) is 16.3 Å². The fraction of sp³-hybridized carbons (Fsp3) is 0.267. The first-order valence-electron chi connectivity index (χ1n) is 6.61. The van der Waals surface area contributed by atoms with Crippen molar-refractivity contribution in [3.05, 3.63) is 51.0 Å². The molecule has 21 heavy (non-hydrogen) atoms. The third-order valence-electron chi connectivity index (χ3n) is 3.46. The van der Waals surface area contributed by atoms with Crippen molar-refractivity contribution >= 4 is 23.4 Å². The van der Waals surface area contributed by atoms with Gasteiger partial charge in [-0.25, -0.2) is 4.79 Å². The molecule has 1 aromatic heterocycles. The van der Waals surface area contributed by atoms with Crippen molar-refractivity contribution in [3.63, 3.8) is 0 Å². The van der Waals surface area contributed by atoms with Gasteiger partial charge in [0.1, 0.15) is 5.03 Å². The highest BCUT2D eigenvalue weighted by Crippen LogP contribution is 2.30. The van der Waals surface area contributed by atoms with Crippen LogP contribution < -0.4 is 5.69 Å². The summed E-state index contributed by atoms with van der Waals surface area (Å²) in [6.07, 6.45) is 2.77. The molecule has 0 bridgehead atoms. The minimum Gasteiger partial charge on any atom is -0.265 e. The monoisotopic (exact) mass is 317 g/mol. The minimum absolute atomic E-state index is 0.293. The van der Waals surface area contributed by atoms with Gasteiger partial charge in [-0.15, -0.1) is 0 Å². The molecule has 106 valence electrons. The van der Waals surface area contributed by atoms with Crippen LogP contribution in [0.15, 0.2) is 34.1 Å². The molecule has 0 fully saturated rings. The van der Waals surface area contributed by atoms with E-state index in [2.05, 4.69) is 11.1 Å². The van der Waals surface area contributed by atoms with Crippen LogP contribution in [0.4, 0.5) is 0 Å². The Labute approximate surface area is 131 Å². The predicted molar refractivity (Wildman–Crippen MR) is 83.2 cm³/mol. The average molecular weight is 318 g/mol. The number of aromatic nitrogens is 2. The Hall–Kier alpha value is -1.77. The van der Waals surface area contributed by atoms with E-state index < -0.39 is 0 Å². The molecule has 6 heteroatoms. The van der Waals surface area contributed by atoms with E-state index >= 15 is 0 Å². The number of hydrogen-bond acceptors (Lipinski definition) is 4. The third kappa shape index (κ3) is 2.69. The lowest BCUT2D eigenvalue weighted by molar-refractivity contribution is 0.803. The van der Waals surface area contributed by atoms with Crippen molar-refractivity contribution in [1.29, 1.82) is 5.26 Å². The molecule has 0 N–H and O–H groups in total. The van der Waals surface area contributed by atoms with E-state index in [4.69, 9.17) is 16.9 Å². The van der Waals surface area contributed by atoms with Gasteiger partial charge in [0.05, 0.1) is 17.5 Å². The summed E-state index contributed by atoms with van der Waals surface area (Å²) in [5.74, 6) is 0.309. The Morgan fingerprint density at radius 3 is 2.81 bits per heavy atom. The third-order valence-corrected chi connectivity index (χ3v) is 4.60. The van der Waals surface area contributed by atoms with E-state index in [0.29, 0.717) is 15.8 Å². The van der Waals surface area contributed by atoms with Gasteiger partial charge in [-0.1, -0.05) is 23.4 Å². The zero-order chi connectivity index (χ0) is 14.8. The van der Waals surface area contributed by atoms with Crippen LogP contribution in [-0.2, 0) is 12.8 Å². The molecule has 0 saturated heterocycles. The maximum absolute atomic E-state index is 12.4. The van der Waals surface area contributed by atoms with Crippen LogP contribution >= 0.6 is 23.4 Å². The molecule has 0 saturated carbocycles. The minimum atomic E-state index is -0.293. The van der Waals surface area contributed by atoms with Crippen molar-refractivity contribution in [1.82, 2.24) is 9.55 Å². The van der Waals surface area contributed by atoms with Gasteiger partial charge in [0.2, 0.25) is 0 Å². The highest BCUT2D eigenvalue weighted by atomic mass is 35.5. The first kappa shape index (κ1) is 14.2. The number of rotatable bonds is 3. The lowest BCUT2D eigenvalue weighted by Gasteiger charge is -2.13. The van der Waals surface area contributed by atoms with Gasteiger partial charge < -0.3 is 0 Å². The first-order chi connectivity index (χ1) is 10.2. The Kier molecular flexibility index (Phi) is 4.00. The highest BCUT2D eigenvalue weighted by Gasteiger charge is 2.22. The van der Waals surface area contributed by atoms with Crippen LogP contribution in [0.25, 0.3) is 5.69 Å². The van der Waals surface area contributed by atoms with E-state index in [9.17, 15) is 4.79 Å². The van der Waals surface area contributed by atoms with E-state index in [1.165, 1.54) is 11.8 Å². The number of nitriles is 1. The first-order valence-corrected chi connectivity index (χ1v) is 7.97. The number of nitrogens with zero attached hydrogens (tertiary/aromatic N) is 3. The zero-order valence-corrected chi connectivity index (χ0v) is 12.7. The molecular weight excluding hydrogens is 306 g/mol. The number of hydrogen-bond donors (Lipinski definition) is 0. The summed E-state index contributed by atoms with van der Waals surface area (Å²) in [7, 11) is 0. The molecule has 1 heterocycles. The molecule has 1 aliphatic carbocycles. The zero-order valence-electron chi connectivity index (χ0n) is 11.2. The molecule has 0 amide bonds. The van der Waals surface area contributed by atoms with Crippen molar-refractivity contribution in [3.8, 4) is 11.8 Å². The molecule has 0 unspecified atom stereocenters. The predicted octanol–water partition coefficient (Wildman–Crippen LogP) is 2.99. The number of fused-ring (bicyclic) bond motifs is 1. The van der Waals surface area contributed by atoms with Gasteiger partial charge in [-0.2, -0.15) is 10.2 Å². The summed E-state index contributed by atoms with van der Waals surface area (Å²) in [6.45, 7) is 0. The van der Waals surface area contributed by atoms with Crippen LogP contribution in [0, 0.1) is 11.3 Å². The van der Waals surface area contributed by atoms with Gasteiger partial charge in [-0.3, -0.25) is 4.57 Å². The Bertz CT molecular complexity index is 777. The largest absolute Gasteiger partial charge is 0.353 e. The number of thioether (sulfide) groups is 1. The fourth-order valence-electron chi connectivity index (χ4n) is 2.60. The summed E-state index contributed by atoms with van der Waals surface area (Å²) in [5, 5.41) is 10.1. The molecule has 0 atom stereocenters. The second-order valence-corrected chi connectivity index (χ2v) is 6.14. The van der Waals surface area contributed by atoms with Gasteiger partial charge in [0.15, 0.2) is 0 Å². The number of halogens is 1. The molecule has 1 aliphatic rings. The van der Waals surface area contributed by atoms with E-state index in [1.54, 1.807) is 16.7 Å². The molecule has 0 aliphatic heterocycles. The van der Waals surface area contributed by atoms with Crippen molar-refractivity contribution in [2.75, 3.05) is 5.75 Å². The van der Waals surface area contributed by atoms with Crippen LogP contribution in [0.5, 0.6) is 0 Å². The molecular formula is C15H12ClN3OS. The molecule has 4 nitrogen and oxygen atoms in total. The quantitative estimate of drug-likeness (QED) is 0.645. The van der Waals surface area contributed by atoms with Crippen LogP contribution in [0.1, 0.15) is 17.7 Å². The second-order valence-electron chi connectivity index (χ2n) is 4.74. The number of benzene rings is 1. The standard InChI is InChI=1S/C15H12ClN3OS/c16-10-4-6-11(7-5-10)19-13-3-1-2-12(13)14(18-15(19)20)21-9-8-17/h4-7H,1-3,9H2. The Morgan fingerprint density at radius 2 is 2.10 bits per heavy atom. The Morgan fingerprint density at radius 1 is 1.33 bits per heavy atom. The van der Waals surface area contributed by atoms with Gasteiger partial charge in [-0.05, 0) is 43.5 Å². The second kappa shape index (κ2) is 5.92. The molecule has 2 aromatic rings. The van der Waals surface area contributed by atoms with Crippen LogP contribution in [-0.4, -0.2) is 15.3 Å². The SMILES string of the molecule is N#CCSc1nc(=O)n(-c2ccc(Cl)cc2)c2c1CCC2. The van der Waals surface area contributed by atoms with Crippen LogP contribution in [0.2, 0.25) is 5.02 Å². The highest BCUT2D eigenvalue weighted by molar-refractivity contribution is 7.99. The van der Waals surface area contributed by atoms with Crippen molar-refractivity contribution < 1.29 is 0 Å². The maximum Gasteiger partial charge on any atom is 0.353 e. The summed E-state index contributed by atoms with van der Waals surface area (Å²) in [6, 6.07) is 9.26.